The van der Waals surface area contributed by atoms with E-state index in [1.807, 2.05) is 0 Å². The number of piperazine rings is 1. The molecule has 1 saturated heterocycles. The highest BCUT2D eigenvalue weighted by Crippen LogP contribution is 2.29. The van der Waals surface area contributed by atoms with Gasteiger partial charge in [0.2, 0.25) is 0 Å². The summed E-state index contributed by atoms with van der Waals surface area (Å²) in [6, 6.07) is 6.54. The summed E-state index contributed by atoms with van der Waals surface area (Å²) in [6.07, 6.45) is -3.00. The Morgan fingerprint density at radius 2 is 1.64 bits per heavy atom. The average Bonchev–Trinajstić information content (AvgIpc) is 2.81. The van der Waals surface area contributed by atoms with Crippen molar-refractivity contribution < 1.29 is 18.0 Å². The number of halogens is 3. The molecule has 3 aromatic rings. The van der Waals surface area contributed by atoms with E-state index in [1.54, 1.807) is 4.90 Å². The molecule has 0 atom stereocenters. The summed E-state index contributed by atoms with van der Waals surface area (Å²) in [5, 5.41) is 0.186. The fraction of sp³-hybridized carbons (Fsp3) is 0.364. The molecule has 1 fully saturated rings. The minimum absolute atomic E-state index is 0.186. The number of rotatable bonds is 3. The maximum absolute atomic E-state index is 13.0. The van der Waals surface area contributed by atoms with Crippen LogP contribution in [0.1, 0.15) is 21.5 Å². The third-order valence-electron chi connectivity index (χ3n) is 5.89. The lowest BCUT2D eigenvalue weighted by molar-refractivity contribution is -0.137. The average molecular weight is 461 g/mol. The molecule has 0 unspecified atom stereocenters. The first kappa shape index (κ1) is 22.7. The van der Waals surface area contributed by atoms with E-state index in [4.69, 9.17) is 0 Å². The largest absolute Gasteiger partial charge is 0.416 e. The highest BCUT2D eigenvalue weighted by molar-refractivity contribution is 5.96. The lowest BCUT2D eigenvalue weighted by Gasteiger charge is -2.34. The zero-order valence-electron chi connectivity index (χ0n) is 18.1. The van der Waals surface area contributed by atoms with E-state index in [0.717, 1.165) is 22.3 Å². The first-order valence-corrected chi connectivity index (χ1v) is 10.3. The smallest absolute Gasteiger partial charge is 0.336 e. The summed E-state index contributed by atoms with van der Waals surface area (Å²) in [7, 11) is 2.88. The van der Waals surface area contributed by atoms with Crippen molar-refractivity contribution in [2.45, 2.75) is 12.7 Å². The normalized spacial score (nSPS) is 15.2. The summed E-state index contributed by atoms with van der Waals surface area (Å²) < 4.78 is 40.4. The quantitative estimate of drug-likeness (QED) is 0.592. The van der Waals surface area contributed by atoms with Crippen molar-refractivity contribution in [2.24, 2.45) is 14.1 Å². The molecule has 0 aliphatic carbocycles. The van der Waals surface area contributed by atoms with Crippen molar-refractivity contribution in [1.29, 1.82) is 0 Å². The van der Waals surface area contributed by atoms with Gasteiger partial charge in [0.05, 0.1) is 16.5 Å². The van der Waals surface area contributed by atoms with Crippen LogP contribution in [0.15, 0.2) is 46.1 Å². The van der Waals surface area contributed by atoms with Crippen molar-refractivity contribution in [3.05, 3.63) is 74.1 Å². The Labute approximate surface area is 186 Å². The lowest BCUT2D eigenvalue weighted by atomic mass is 10.1. The number of nitrogens with zero attached hydrogens (tertiary/aromatic N) is 5. The number of carbonyl (C=O) groups excluding carboxylic acids is 1. The molecular weight excluding hydrogens is 439 g/mol. The van der Waals surface area contributed by atoms with Crippen LogP contribution >= 0.6 is 0 Å². The number of hydrogen-bond acceptors (Lipinski definition) is 5. The molecule has 0 N–H and O–H groups in total. The maximum atomic E-state index is 13.0. The molecular formula is C22H22F3N5O3. The van der Waals surface area contributed by atoms with Crippen LogP contribution in [0.5, 0.6) is 0 Å². The van der Waals surface area contributed by atoms with Crippen molar-refractivity contribution >= 4 is 16.9 Å². The lowest BCUT2D eigenvalue weighted by Crippen LogP contribution is -2.48. The predicted octanol–water partition coefficient (Wildman–Crippen LogP) is 1.61. The van der Waals surface area contributed by atoms with E-state index in [9.17, 15) is 27.6 Å². The topological polar surface area (TPSA) is 80.4 Å². The van der Waals surface area contributed by atoms with Crippen LogP contribution in [-0.2, 0) is 26.8 Å². The van der Waals surface area contributed by atoms with E-state index in [0.29, 0.717) is 32.7 Å². The molecule has 0 spiro atoms. The van der Waals surface area contributed by atoms with Gasteiger partial charge >= 0.3 is 11.9 Å². The van der Waals surface area contributed by atoms with Gasteiger partial charge in [-0.1, -0.05) is 12.1 Å². The molecule has 33 heavy (non-hydrogen) atoms. The number of amides is 1. The summed E-state index contributed by atoms with van der Waals surface area (Å²) in [5.41, 5.74) is -0.459. The van der Waals surface area contributed by atoms with E-state index in [2.05, 4.69) is 9.88 Å². The SMILES string of the molecule is Cn1c(=O)c2cc(C(=O)N3CCN(Cc4ccc(C(F)(F)F)cc4)CC3)cnc2n(C)c1=O. The number of carbonyl (C=O) groups is 1. The highest BCUT2D eigenvalue weighted by Gasteiger charge is 2.30. The van der Waals surface area contributed by atoms with E-state index in [1.165, 1.54) is 43.1 Å². The zero-order chi connectivity index (χ0) is 23.9. The van der Waals surface area contributed by atoms with Gasteiger partial charge in [-0.05, 0) is 23.8 Å². The molecule has 1 aliphatic heterocycles. The van der Waals surface area contributed by atoms with Crippen LogP contribution in [0.4, 0.5) is 13.2 Å². The molecule has 1 amide bonds. The molecule has 2 aromatic heterocycles. The van der Waals surface area contributed by atoms with Gasteiger partial charge in [0.15, 0.2) is 0 Å². The minimum Gasteiger partial charge on any atom is -0.336 e. The number of aromatic nitrogens is 3. The fourth-order valence-corrected chi connectivity index (χ4v) is 3.93. The van der Waals surface area contributed by atoms with Gasteiger partial charge in [-0.25, -0.2) is 9.78 Å². The molecule has 11 heteroatoms. The second kappa shape index (κ2) is 8.47. The molecule has 0 bridgehead atoms. The summed E-state index contributed by atoms with van der Waals surface area (Å²) in [5.74, 6) is -0.269. The molecule has 1 aromatic carbocycles. The van der Waals surface area contributed by atoms with Crippen molar-refractivity contribution in [3.63, 3.8) is 0 Å². The first-order chi connectivity index (χ1) is 15.6. The van der Waals surface area contributed by atoms with E-state index >= 15 is 0 Å². The molecule has 0 radical (unpaired) electrons. The van der Waals surface area contributed by atoms with Gasteiger partial charge in [-0.3, -0.25) is 23.6 Å². The van der Waals surface area contributed by atoms with Crippen LogP contribution in [0.25, 0.3) is 11.0 Å². The third kappa shape index (κ3) is 4.40. The Kier molecular flexibility index (Phi) is 5.83. The van der Waals surface area contributed by atoms with Gasteiger partial charge < -0.3 is 4.90 Å². The van der Waals surface area contributed by atoms with Gasteiger partial charge in [0.1, 0.15) is 5.65 Å². The van der Waals surface area contributed by atoms with Crippen LogP contribution in [0, 0.1) is 0 Å². The Morgan fingerprint density at radius 3 is 2.24 bits per heavy atom. The molecule has 8 nitrogen and oxygen atoms in total. The van der Waals surface area contributed by atoms with Gasteiger partial charge in [0.25, 0.3) is 11.5 Å². The molecule has 3 heterocycles. The summed E-state index contributed by atoms with van der Waals surface area (Å²) >= 11 is 0. The number of hydrogen-bond donors (Lipinski definition) is 0. The monoisotopic (exact) mass is 461 g/mol. The van der Waals surface area contributed by atoms with Crippen molar-refractivity contribution in [3.8, 4) is 0 Å². The molecule has 174 valence electrons. The Balaban J connectivity index is 1.44. The van der Waals surface area contributed by atoms with Crippen LogP contribution in [0.3, 0.4) is 0 Å². The van der Waals surface area contributed by atoms with E-state index in [-0.39, 0.29) is 22.5 Å². The number of aryl methyl sites for hydroxylation is 1. The van der Waals surface area contributed by atoms with Crippen LogP contribution in [-0.4, -0.2) is 56.0 Å². The van der Waals surface area contributed by atoms with Gasteiger partial charge in [0, 0.05) is 53.0 Å². The number of pyridine rings is 1. The maximum Gasteiger partial charge on any atom is 0.416 e. The van der Waals surface area contributed by atoms with Crippen LogP contribution < -0.4 is 11.2 Å². The van der Waals surface area contributed by atoms with Gasteiger partial charge in [-0.15, -0.1) is 0 Å². The zero-order valence-corrected chi connectivity index (χ0v) is 18.1. The van der Waals surface area contributed by atoms with Crippen molar-refractivity contribution in [2.75, 3.05) is 26.2 Å². The third-order valence-corrected chi connectivity index (χ3v) is 5.89. The second-order valence-corrected chi connectivity index (χ2v) is 8.06. The number of benzene rings is 1. The standard InChI is InChI=1S/C22H22F3N5O3/c1-27-18-17(20(32)28(2)21(27)33)11-15(12-26-18)19(31)30-9-7-29(8-10-30)13-14-3-5-16(6-4-14)22(23,24)25/h3-6,11-12H,7-10,13H2,1-2H3. The first-order valence-electron chi connectivity index (χ1n) is 10.3. The predicted molar refractivity (Wildman–Crippen MR) is 115 cm³/mol. The van der Waals surface area contributed by atoms with Gasteiger partial charge in [-0.2, -0.15) is 13.2 Å². The minimum atomic E-state index is -4.36. The number of alkyl halides is 3. The molecule has 0 saturated carbocycles. The number of fused-ring (bicyclic) bond motifs is 1. The molecule has 1 aliphatic rings. The van der Waals surface area contributed by atoms with Crippen molar-refractivity contribution in [1.82, 2.24) is 23.9 Å². The highest BCUT2D eigenvalue weighted by atomic mass is 19.4. The Morgan fingerprint density at radius 1 is 1.00 bits per heavy atom. The fourth-order valence-electron chi connectivity index (χ4n) is 3.93. The van der Waals surface area contributed by atoms with Crippen LogP contribution in [0.2, 0.25) is 0 Å². The summed E-state index contributed by atoms with van der Waals surface area (Å²) in [6.45, 7) is 2.47. The van der Waals surface area contributed by atoms with E-state index < -0.39 is 23.0 Å². The Hall–Kier alpha value is -3.47. The summed E-state index contributed by atoms with van der Waals surface area (Å²) in [4.78, 5) is 45.4. The second-order valence-electron chi connectivity index (χ2n) is 8.06. The molecule has 4 rings (SSSR count). The Bertz CT molecular complexity index is 1320.